The van der Waals surface area contributed by atoms with E-state index in [1.165, 1.54) is 0 Å². The third-order valence-corrected chi connectivity index (χ3v) is 3.23. The van der Waals surface area contributed by atoms with Gasteiger partial charge in [-0.05, 0) is 25.8 Å². The van der Waals surface area contributed by atoms with E-state index in [0.717, 1.165) is 43.4 Å². The molecule has 1 aliphatic rings. The van der Waals surface area contributed by atoms with Crippen molar-refractivity contribution < 1.29 is 0 Å². The number of tetrazole rings is 1. The Balaban J connectivity index is 1.78. The maximum absolute atomic E-state index is 4.46. The Hall–Kier alpha value is -2.05. The number of nitrogens with zero attached hydrogens (tertiary/aromatic N) is 6. The molecule has 0 aromatic carbocycles. The Kier molecular flexibility index (Phi) is 2.87. The van der Waals surface area contributed by atoms with Gasteiger partial charge in [-0.25, -0.2) is 9.97 Å². The van der Waals surface area contributed by atoms with Crippen molar-refractivity contribution in [2.24, 2.45) is 0 Å². The summed E-state index contributed by atoms with van der Waals surface area (Å²) in [5.41, 5.74) is 0. The van der Waals surface area contributed by atoms with Crippen LogP contribution in [0.5, 0.6) is 0 Å². The number of piperidine rings is 1. The molecular formula is C11H15N7. The van der Waals surface area contributed by atoms with Crippen molar-refractivity contribution in [3.8, 4) is 0 Å². The maximum Gasteiger partial charge on any atom is 0.179 e. The summed E-state index contributed by atoms with van der Waals surface area (Å²) < 4.78 is 0. The Labute approximate surface area is 105 Å². The number of nitrogens with one attached hydrogen (secondary N) is 1. The smallest absolute Gasteiger partial charge is 0.179 e. The molecule has 1 saturated heterocycles. The SMILES string of the molecule is Cc1nccc(N2CCC[C@@H](c3nn[nH]n3)C2)n1. The first-order valence-electron chi connectivity index (χ1n) is 6.11. The summed E-state index contributed by atoms with van der Waals surface area (Å²) in [5.74, 6) is 2.91. The van der Waals surface area contributed by atoms with E-state index in [4.69, 9.17) is 0 Å². The lowest BCUT2D eigenvalue weighted by Gasteiger charge is -2.32. The Bertz CT molecular complexity index is 510. The second-order valence-corrected chi connectivity index (χ2v) is 4.52. The van der Waals surface area contributed by atoms with Crippen LogP contribution >= 0.6 is 0 Å². The van der Waals surface area contributed by atoms with Crippen LogP contribution in [-0.4, -0.2) is 43.7 Å². The molecule has 0 unspecified atom stereocenters. The average molecular weight is 245 g/mol. The number of hydrogen-bond donors (Lipinski definition) is 1. The van der Waals surface area contributed by atoms with Crippen molar-refractivity contribution in [3.63, 3.8) is 0 Å². The van der Waals surface area contributed by atoms with Crippen molar-refractivity contribution in [1.82, 2.24) is 30.6 Å². The molecule has 0 bridgehead atoms. The number of anilines is 1. The summed E-state index contributed by atoms with van der Waals surface area (Å²) in [5, 5.41) is 14.3. The fourth-order valence-electron chi connectivity index (χ4n) is 2.36. The normalized spacial score (nSPS) is 20.1. The highest BCUT2D eigenvalue weighted by atomic mass is 15.5. The van der Waals surface area contributed by atoms with E-state index in [2.05, 4.69) is 35.5 Å². The fourth-order valence-corrected chi connectivity index (χ4v) is 2.36. The second-order valence-electron chi connectivity index (χ2n) is 4.52. The number of aryl methyl sites for hydroxylation is 1. The molecule has 0 aliphatic carbocycles. The van der Waals surface area contributed by atoms with Crippen LogP contribution in [0.4, 0.5) is 5.82 Å². The monoisotopic (exact) mass is 245 g/mol. The van der Waals surface area contributed by atoms with E-state index in [1.807, 2.05) is 13.0 Å². The van der Waals surface area contributed by atoms with Crippen LogP contribution in [0.1, 0.15) is 30.4 Å². The Morgan fingerprint density at radius 2 is 2.39 bits per heavy atom. The zero-order valence-corrected chi connectivity index (χ0v) is 10.2. The van der Waals surface area contributed by atoms with Gasteiger partial charge in [0.1, 0.15) is 11.6 Å². The zero-order chi connectivity index (χ0) is 12.4. The van der Waals surface area contributed by atoms with Crippen LogP contribution in [0, 0.1) is 6.92 Å². The second kappa shape index (κ2) is 4.67. The number of hydrogen-bond acceptors (Lipinski definition) is 6. The third kappa shape index (κ3) is 2.15. The maximum atomic E-state index is 4.46. The lowest BCUT2D eigenvalue weighted by molar-refractivity contribution is 0.488. The number of rotatable bonds is 2. The largest absolute Gasteiger partial charge is 0.356 e. The van der Waals surface area contributed by atoms with E-state index in [-0.39, 0.29) is 0 Å². The van der Waals surface area contributed by atoms with Gasteiger partial charge in [-0.1, -0.05) is 5.21 Å². The van der Waals surface area contributed by atoms with Crippen molar-refractivity contribution in [2.45, 2.75) is 25.7 Å². The molecule has 1 N–H and O–H groups in total. The number of H-pyrrole nitrogens is 1. The molecule has 0 spiro atoms. The summed E-state index contributed by atoms with van der Waals surface area (Å²) in [6.45, 7) is 3.81. The topological polar surface area (TPSA) is 83.5 Å². The Morgan fingerprint density at radius 1 is 1.44 bits per heavy atom. The standard InChI is InChI=1S/C11H15N7/c1-8-12-5-4-10(13-8)18-6-2-3-9(7-18)11-14-16-17-15-11/h4-5,9H,2-3,6-7H2,1H3,(H,14,15,16,17)/t9-/m1/s1. The molecule has 1 atom stereocenters. The summed E-state index contributed by atoms with van der Waals surface area (Å²) in [7, 11) is 0. The molecule has 3 heterocycles. The lowest BCUT2D eigenvalue weighted by Crippen LogP contribution is -2.35. The van der Waals surface area contributed by atoms with E-state index in [1.54, 1.807) is 6.20 Å². The van der Waals surface area contributed by atoms with Crippen LogP contribution in [0.15, 0.2) is 12.3 Å². The number of aromatic amines is 1. The highest BCUT2D eigenvalue weighted by Crippen LogP contribution is 2.26. The number of aromatic nitrogens is 6. The van der Waals surface area contributed by atoms with Gasteiger partial charge in [0.25, 0.3) is 0 Å². The minimum absolute atomic E-state index is 0.327. The molecular weight excluding hydrogens is 230 g/mol. The van der Waals surface area contributed by atoms with Gasteiger partial charge < -0.3 is 4.90 Å². The molecule has 7 nitrogen and oxygen atoms in total. The van der Waals surface area contributed by atoms with E-state index < -0.39 is 0 Å². The molecule has 0 saturated carbocycles. The van der Waals surface area contributed by atoms with Gasteiger partial charge in [-0.15, -0.1) is 10.2 Å². The zero-order valence-electron chi connectivity index (χ0n) is 10.2. The first kappa shape index (κ1) is 11.1. The van der Waals surface area contributed by atoms with Crippen LogP contribution in [-0.2, 0) is 0 Å². The van der Waals surface area contributed by atoms with E-state index in [9.17, 15) is 0 Å². The van der Waals surface area contributed by atoms with Gasteiger partial charge in [-0.3, -0.25) is 0 Å². The summed E-state index contributed by atoms with van der Waals surface area (Å²) in [6.07, 6.45) is 4.01. The van der Waals surface area contributed by atoms with Crippen LogP contribution in [0.2, 0.25) is 0 Å². The van der Waals surface area contributed by atoms with E-state index >= 15 is 0 Å². The van der Waals surface area contributed by atoms with Gasteiger partial charge in [0, 0.05) is 25.2 Å². The van der Waals surface area contributed by atoms with Gasteiger partial charge in [0.2, 0.25) is 0 Å². The predicted octanol–water partition coefficient (Wildman–Crippen LogP) is 0.682. The predicted molar refractivity (Wildman–Crippen MR) is 65.1 cm³/mol. The third-order valence-electron chi connectivity index (χ3n) is 3.23. The van der Waals surface area contributed by atoms with Gasteiger partial charge in [0.05, 0.1) is 0 Å². The molecule has 2 aromatic rings. The van der Waals surface area contributed by atoms with E-state index in [0.29, 0.717) is 5.92 Å². The van der Waals surface area contributed by atoms with Crippen molar-refractivity contribution >= 4 is 5.82 Å². The highest BCUT2D eigenvalue weighted by Gasteiger charge is 2.25. The molecule has 0 radical (unpaired) electrons. The van der Waals surface area contributed by atoms with Gasteiger partial charge in [0.15, 0.2) is 5.82 Å². The summed E-state index contributed by atoms with van der Waals surface area (Å²) >= 11 is 0. The molecule has 1 fully saturated rings. The van der Waals surface area contributed by atoms with Crippen LogP contribution in [0.25, 0.3) is 0 Å². The minimum Gasteiger partial charge on any atom is -0.356 e. The van der Waals surface area contributed by atoms with Gasteiger partial charge in [-0.2, -0.15) is 5.21 Å². The Morgan fingerprint density at radius 3 is 3.17 bits per heavy atom. The molecule has 18 heavy (non-hydrogen) atoms. The fraction of sp³-hybridized carbons (Fsp3) is 0.545. The molecule has 0 amide bonds. The molecule has 2 aromatic heterocycles. The first-order valence-corrected chi connectivity index (χ1v) is 6.11. The minimum atomic E-state index is 0.327. The average Bonchev–Trinajstić information content (AvgIpc) is 2.93. The lowest BCUT2D eigenvalue weighted by atomic mass is 9.97. The summed E-state index contributed by atoms with van der Waals surface area (Å²) in [6, 6.07) is 1.95. The molecule has 1 aliphatic heterocycles. The van der Waals surface area contributed by atoms with Crippen LogP contribution < -0.4 is 4.90 Å². The molecule has 7 heteroatoms. The summed E-state index contributed by atoms with van der Waals surface area (Å²) in [4.78, 5) is 10.9. The highest BCUT2D eigenvalue weighted by molar-refractivity contribution is 5.38. The van der Waals surface area contributed by atoms with Crippen molar-refractivity contribution in [2.75, 3.05) is 18.0 Å². The first-order chi connectivity index (χ1) is 8.83. The quantitative estimate of drug-likeness (QED) is 0.837. The van der Waals surface area contributed by atoms with Crippen molar-refractivity contribution in [1.29, 1.82) is 0 Å². The van der Waals surface area contributed by atoms with Crippen molar-refractivity contribution in [3.05, 3.63) is 23.9 Å². The van der Waals surface area contributed by atoms with Crippen LogP contribution in [0.3, 0.4) is 0 Å². The van der Waals surface area contributed by atoms with Gasteiger partial charge >= 0.3 is 0 Å². The molecule has 94 valence electrons. The molecule has 3 rings (SSSR count).